The minimum Gasteiger partial charge on any atom is -0.387 e. The van der Waals surface area contributed by atoms with E-state index in [9.17, 15) is 23.4 Å². The zero-order valence-electron chi connectivity index (χ0n) is 42.7. The smallest absolute Gasteiger partial charge is 0.232 e. The Labute approximate surface area is 424 Å². The molecule has 0 bridgehead atoms. The molecule has 7 aliphatic rings. The van der Waals surface area contributed by atoms with Gasteiger partial charge in [0.25, 0.3) is 0 Å². The number of piperazine rings is 2. The minimum atomic E-state index is -3.42. The Hall–Kier alpha value is -5.07. The first-order chi connectivity index (χ1) is 34.5. The van der Waals surface area contributed by atoms with Crippen molar-refractivity contribution in [2.75, 3.05) is 75.5 Å². The molecule has 0 radical (unpaired) electrons. The number of benzene rings is 2. The van der Waals surface area contributed by atoms with E-state index in [-0.39, 0.29) is 70.0 Å². The zero-order chi connectivity index (χ0) is 50.4. The van der Waals surface area contributed by atoms with Crippen LogP contribution in [0.3, 0.4) is 0 Å². The molecule has 5 fully saturated rings. The maximum absolute atomic E-state index is 15.5. The van der Waals surface area contributed by atoms with Crippen molar-refractivity contribution < 1.29 is 28.2 Å². The first-order valence-corrected chi connectivity index (χ1v) is 28.4. The van der Waals surface area contributed by atoms with E-state index in [1.807, 2.05) is 17.0 Å². The van der Waals surface area contributed by atoms with Crippen molar-refractivity contribution in [3.63, 3.8) is 0 Å². The van der Waals surface area contributed by atoms with E-state index in [4.69, 9.17) is 4.98 Å². The van der Waals surface area contributed by atoms with Gasteiger partial charge in [0, 0.05) is 80.8 Å². The molecule has 3 N–H and O–H groups in total. The summed E-state index contributed by atoms with van der Waals surface area (Å²) in [4.78, 5) is 60.2. The summed E-state index contributed by atoms with van der Waals surface area (Å²) in [6.07, 6.45) is 9.04. The van der Waals surface area contributed by atoms with Gasteiger partial charge in [0.1, 0.15) is 24.3 Å². The highest BCUT2D eigenvalue weighted by molar-refractivity contribution is 7.90. The molecular formula is C55H72N10O6S. The Kier molecular flexibility index (Phi) is 13.0. The van der Waals surface area contributed by atoms with Crippen molar-refractivity contribution in [2.45, 2.75) is 143 Å². The van der Waals surface area contributed by atoms with E-state index >= 15 is 4.79 Å². The Bertz CT molecular complexity index is 2810. The van der Waals surface area contributed by atoms with Crippen LogP contribution in [0.5, 0.6) is 0 Å². The summed E-state index contributed by atoms with van der Waals surface area (Å²) in [6.45, 7) is 13.7. The van der Waals surface area contributed by atoms with Gasteiger partial charge >= 0.3 is 0 Å². The molecule has 2 amide bonds. The number of aliphatic hydroxyl groups is 2. The summed E-state index contributed by atoms with van der Waals surface area (Å²) < 4.78 is 25.0. The molecule has 11 rings (SSSR count). The number of likely N-dealkylation sites (N-methyl/N-ethyl adjacent to an activating group) is 1. The fourth-order valence-corrected chi connectivity index (χ4v) is 14.4. The van der Waals surface area contributed by atoms with Crippen LogP contribution < -0.4 is 15.1 Å². The number of hydrogen-bond acceptors (Lipinski definition) is 14. The van der Waals surface area contributed by atoms with E-state index < -0.39 is 28.0 Å². The molecule has 3 unspecified atom stereocenters. The van der Waals surface area contributed by atoms with Gasteiger partial charge in [0.05, 0.1) is 46.4 Å². The maximum Gasteiger partial charge on any atom is 0.232 e. The SMILES string of the molecule is C[C@@H]1C[C@@H](O)c2ncnc(N3CCN(C(=O)[C@@H](c4ccc(S(C)(=O)=O)cc4)[C@@H]4CCCN4C)C(C4CC4c4ccc([C@H](C(=O)N5CCN(c6ncnc7c6[C@H](C)C[C@@H]7O)CC5)[C@@H]5CCC(C)(C)N5)cc4)C3)c21. The molecule has 2 aromatic carbocycles. The summed E-state index contributed by atoms with van der Waals surface area (Å²) in [5.41, 5.74) is 6.42. The third kappa shape index (κ3) is 9.08. The topological polar surface area (TPSA) is 189 Å². The van der Waals surface area contributed by atoms with Gasteiger partial charge in [-0.1, -0.05) is 50.2 Å². The van der Waals surface area contributed by atoms with E-state index in [0.29, 0.717) is 64.3 Å². The molecule has 17 heteroatoms. The van der Waals surface area contributed by atoms with Crippen molar-refractivity contribution in [1.82, 2.24) is 40.0 Å². The number of fused-ring (bicyclic) bond motifs is 2. The van der Waals surface area contributed by atoms with Gasteiger partial charge in [0.2, 0.25) is 11.8 Å². The largest absolute Gasteiger partial charge is 0.387 e. The van der Waals surface area contributed by atoms with Crippen molar-refractivity contribution in [3.05, 3.63) is 100 Å². The lowest BCUT2D eigenvalue weighted by Crippen LogP contribution is -2.59. The predicted molar refractivity (Wildman–Crippen MR) is 275 cm³/mol. The molecule has 384 valence electrons. The lowest BCUT2D eigenvalue weighted by atomic mass is 9.87. The van der Waals surface area contributed by atoms with Crippen LogP contribution in [-0.2, 0) is 19.4 Å². The average Bonchev–Trinajstić information content (AvgIpc) is 3.60. The van der Waals surface area contributed by atoms with Crippen LogP contribution in [-0.4, -0.2) is 154 Å². The molecule has 4 saturated heterocycles. The van der Waals surface area contributed by atoms with Gasteiger partial charge in [-0.05, 0) is 125 Å². The number of aliphatic hydroxyl groups excluding tert-OH is 2. The molecule has 4 aromatic rings. The number of amides is 2. The van der Waals surface area contributed by atoms with Crippen LogP contribution in [0.15, 0.2) is 66.1 Å². The number of likely N-dealkylation sites (tertiary alicyclic amines) is 1. The number of nitrogens with zero attached hydrogens (tertiary/aromatic N) is 9. The van der Waals surface area contributed by atoms with Gasteiger partial charge in [0.15, 0.2) is 9.84 Å². The predicted octanol–water partition coefficient (Wildman–Crippen LogP) is 5.41. The van der Waals surface area contributed by atoms with Crippen LogP contribution in [0.2, 0.25) is 0 Å². The molecule has 72 heavy (non-hydrogen) atoms. The summed E-state index contributed by atoms with van der Waals surface area (Å²) in [6, 6.07) is 15.6. The van der Waals surface area contributed by atoms with Crippen molar-refractivity contribution in [1.29, 1.82) is 0 Å². The van der Waals surface area contributed by atoms with E-state index in [1.54, 1.807) is 24.8 Å². The second kappa shape index (κ2) is 19.0. The maximum atomic E-state index is 15.5. The van der Waals surface area contributed by atoms with Crippen LogP contribution in [0, 0.1) is 5.92 Å². The highest BCUT2D eigenvalue weighted by Crippen LogP contribution is 2.53. The number of sulfone groups is 1. The normalized spacial score (nSPS) is 30.1. The second-order valence-corrected chi connectivity index (χ2v) is 25.0. The van der Waals surface area contributed by atoms with Crippen molar-refractivity contribution in [2.24, 2.45) is 5.92 Å². The number of carbonyl (C=O) groups is 2. The van der Waals surface area contributed by atoms with E-state index in [0.717, 1.165) is 78.2 Å². The van der Waals surface area contributed by atoms with Crippen LogP contribution in [0.25, 0.3) is 0 Å². The van der Waals surface area contributed by atoms with Crippen molar-refractivity contribution >= 4 is 33.3 Å². The number of hydrogen-bond donors (Lipinski definition) is 3. The molecule has 2 aromatic heterocycles. The second-order valence-electron chi connectivity index (χ2n) is 23.0. The number of carbonyl (C=O) groups excluding carboxylic acids is 2. The monoisotopic (exact) mass is 1000 g/mol. The van der Waals surface area contributed by atoms with Gasteiger partial charge in [-0.15, -0.1) is 0 Å². The first-order valence-electron chi connectivity index (χ1n) is 26.5. The van der Waals surface area contributed by atoms with Crippen LogP contribution in [0.4, 0.5) is 11.6 Å². The molecular weight excluding hydrogens is 929 g/mol. The van der Waals surface area contributed by atoms with Crippen LogP contribution >= 0.6 is 0 Å². The number of rotatable bonds is 11. The number of anilines is 2. The first kappa shape index (κ1) is 49.2. The Morgan fingerprint density at radius 3 is 1.88 bits per heavy atom. The number of nitrogens with one attached hydrogen (secondary N) is 1. The molecule has 6 heterocycles. The Morgan fingerprint density at radius 2 is 1.31 bits per heavy atom. The van der Waals surface area contributed by atoms with E-state index in [2.05, 4.69) is 98.9 Å². The fourth-order valence-electron chi connectivity index (χ4n) is 13.8. The highest BCUT2D eigenvalue weighted by atomic mass is 32.2. The van der Waals surface area contributed by atoms with Gasteiger partial charge in [-0.3, -0.25) is 9.59 Å². The molecule has 16 nitrogen and oxygen atoms in total. The third-order valence-electron chi connectivity index (χ3n) is 17.7. The lowest BCUT2D eigenvalue weighted by Gasteiger charge is -2.45. The van der Waals surface area contributed by atoms with Gasteiger partial charge < -0.3 is 40.0 Å². The fraction of sp³-hybridized carbons (Fsp3) is 0.600. The highest BCUT2D eigenvalue weighted by Gasteiger charge is 2.52. The summed E-state index contributed by atoms with van der Waals surface area (Å²) >= 11 is 0. The molecule has 0 spiro atoms. The van der Waals surface area contributed by atoms with Gasteiger partial charge in [-0.2, -0.15) is 0 Å². The quantitative estimate of drug-likeness (QED) is 0.173. The Balaban J connectivity index is 0.862. The Morgan fingerprint density at radius 1 is 0.722 bits per heavy atom. The summed E-state index contributed by atoms with van der Waals surface area (Å²) in [5.74, 6) is 1.76. The summed E-state index contributed by atoms with van der Waals surface area (Å²) in [5, 5.41) is 25.4. The van der Waals surface area contributed by atoms with Crippen LogP contribution in [0.1, 0.15) is 154 Å². The molecule has 11 atom stereocenters. The average molecular weight is 1000 g/mol. The lowest BCUT2D eigenvalue weighted by molar-refractivity contribution is -0.137. The summed E-state index contributed by atoms with van der Waals surface area (Å²) in [7, 11) is -1.33. The van der Waals surface area contributed by atoms with Crippen molar-refractivity contribution in [3.8, 4) is 0 Å². The molecule has 3 aliphatic carbocycles. The third-order valence-corrected chi connectivity index (χ3v) is 18.9. The number of aromatic nitrogens is 4. The van der Waals surface area contributed by atoms with E-state index in [1.165, 1.54) is 11.8 Å². The standard InChI is InChI=1S/C55H72N10O6S/c1-32-26-43(66)49-45(32)51(58-30-56-49)62-20-22-63(23-21-62)53(68)47(40-17-18-55(3,4)60-40)35-11-9-34(10-12-35)38-28-39(38)42-29-64(52-46-33(2)27-44(67)50(46)57-31-59-52)24-25-65(42)54(69)48(41-8-7-19-61(41)5)36-13-15-37(16-14-36)72(6,70)71/h9-16,30-33,38-44,47-48,60,66-67H,7-8,17-29H2,1-6H3/t32-,33-,38?,39?,40+,41+,42?,43+,44-,47+,48+/m1/s1. The van der Waals surface area contributed by atoms with Gasteiger partial charge in [-0.25, -0.2) is 28.4 Å². The minimum absolute atomic E-state index is 0.00757. The molecule has 4 aliphatic heterocycles. The zero-order valence-corrected chi connectivity index (χ0v) is 43.5. The molecule has 1 saturated carbocycles.